The summed E-state index contributed by atoms with van der Waals surface area (Å²) in [6.07, 6.45) is 4.48. The Morgan fingerprint density at radius 1 is 1.07 bits per heavy atom. The largest absolute Gasteiger partial charge is 0.368 e. The van der Waals surface area contributed by atoms with Crippen molar-refractivity contribution in [2.24, 2.45) is 0 Å². The zero-order valence-electron chi connectivity index (χ0n) is 17.2. The normalized spacial score (nSPS) is 17.5. The Morgan fingerprint density at radius 2 is 1.79 bits per heavy atom. The number of halogens is 1. The number of primary amides is 1. The van der Waals surface area contributed by atoms with E-state index in [4.69, 9.17) is 0 Å². The molecular weight excluding hydrogens is 365 g/mol. The summed E-state index contributed by atoms with van der Waals surface area (Å²) in [5.41, 5.74) is 5.25. The van der Waals surface area contributed by atoms with Crippen molar-refractivity contribution in [1.29, 1.82) is 0 Å². The van der Waals surface area contributed by atoms with E-state index in [1.165, 1.54) is 35.2 Å². The molecule has 1 amide bonds. The van der Waals surface area contributed by atoms with Crippen molar-refractivity contribution in [2.75, 3.05) is 31.1 Å². The molecule has 0 bridgehead atoms. The van der Waals surface area contributed by atoms with Crippen molar-refractivity contribution >= 4 is 11.6 Å². The summed E-state index contributed by atoms with van der Waals surface area (Å²) in [6, 6.07) is 14.2. The van der Waals surface area contributed by atoms with Crippen LogP contribution in [0.25, 0.3) is 0 Å². The van der Waals surface area contributed by atoms with Crippen molar-refractivity contribution in [2.45, 2.75) is 45.2 Å². The van der Waals surface area contributed by atoms with E-state index in [1.807, 2.05) is 12.1 Å². The second kappa shape index (κ2) is 9.06. The zero-order chi connectivity index (χ0) is 20.2. The topological polar surface area (TPSA) is 40.2 Å². The fourth-order valence-electron chi connectivity index (χ4n) is 4.61. The standard InChI is InChI=1S/C24H30FN3O/c1-18(29)26-17-20-2-5-21-9-15-28(24(21)16-20)23-10-13-27(14-11-23)12-8-19-3-6-22(25)7-4-19/h2-7,16,23H,8-15,17H2,1H3,(H,26,29)/p+1. The molecule has 1 fully saturated rings. The van der Waals surface area contributed by atoms with Gasteiger partial charge in [-0.2, -0.15) is 0 Å². The number of carbonyl (C=O) groups excluding carboxylic acids is 1. The maximum atomic E-state index is 13.0. The first-order valence-electron chi connectivity index (χ1n) is 10.8. The van der Waals surface area contributed by atoms with Crippen molar-refractivity contribution in [1.82, 2.24) is 4.90 Å². The minimum absolute atomic E-state index is 0.135. The quantitative estimate of drug-likeness (QED) is 0.816. The van der Waals surface area contributed by atoms with E-state index in [0.717, 1.165) is 45.6 Å². The lowest BCUT2D eigenvalue weighted by molar-refractivity contribution is -0.583. The molecule has 0 atom stereocenters. The molecule has 2 aliphatic rings. The van der Waals surface area contributed by atoms with Gasteiger partial charge >= 0.3 is 5.91 Å². The lowest BCUT2D eigenvalue weighted by atomic mass is 10.0. The summed E-state index contributed by atoms with van der Waals surface area (Å²) in [7, 11) is 0. The molecule has 2 aromatic carbocycles. The van der Waals surface area contributed by atoms with Gasteiger partial charge in [0.15, 0.2) is 0 Å². The Bertz CT molecular complexity index is 844. The van der Waals surface area contributed by atoms with Gasteiger partial charge in [0.25, 0.3) is 0 Å². The van der Waals surface area contributed by atoms with E-state index >= 15 is 0 Å². The molecule has 2 aliphatic heterocycles. The van der Waals surface area contributed by atoms with Crippen LogP contribution in [0.5, 0.6) is 0 Å². The predicted octanol–water partition coefficient (Wildman–Crippen LogP) is 2.51. The van der Waals surface area contributed by atoms with Crippen molar-refractivity contribution in [3.63, 3.8) is 0 Å². The minimum Gasteiger partial charge on any atom is -0.368 e. The first-order valence-corrected chi connectivity index (χ1v) is 10.8. The summed E-state index contributed by atoms with van der Waals surface area (Å²) in [4.78, 5) is 16.4. The van der Waals surface area contributed by atoms with Gasteiger partial charge in [-0.25, -0.2) is 9.18 Å². The molecule has 4 nitrogen and oxygen atoms in total. The van der Waals surface area contributed by atoms with Gasteiger partial charge in [0, 0.05) is 43.5 Å². The molecule has 2 aromatic rings. The first kappa shape index (κ1) is 20.0. The number of carbonyl (C=O) groups is 1. The Hall–Kier alpha value is -2.24. The average Bonchev–Trinajstić information content (AvgIpc) is 3.15. The highest BCUT2D eigenvalue weighted by atomic mass is 19.1. The zero-order valence-corrected chi connectivity index (χ0v) is 17.2. The van der Waals surface area contributed by atoms with Crippen molar-refractivity contribution in [3.05, 3.63) is 65.0 Å². The number of rotatable bonds is 6. The van der Waals surface area contributed by atoms with Crippen molar-refractivity contribution < 1.29 is 14.5 Å². The van der Waals surface area contributed by atoms with Gasteiger partial charge < -0.3 is 9.80 Å². The van der Waals surface area contributed by atoms with E-state index in [-0.39, 0.29) is 11.7 Å². The van der Waals surface area contributed by atoms with Gasteiger partial charge in [0.1, 0.15) is 12.4 Å². The molecule has 0 radical (unpaired) electrons. The molecule has 29 heavy (non-hydrogen) atoms. The predicted molar refractivity (Wildman–Crippen MR) is 113 cm³/mol. The summed E-state index contributed by atoms with van der Waals surface area (Å²) < 4.78 is 13.0. The Balaban J connectivity index is 1.31. The number of hydrogen-bond donors (Lipinski definition) is 1. The van der Waals surface area contributed by atoms with E-state index in [0.29, 0.717) is 6.04 Å². The van der Waals surface area contributed by atoms with Gasteiger partial charge in [0.05, 0.1) is 6.92 Å². The monoisotopic (exact) mass is 396 g/mol. The first-order chi connectivity index (χ1) is 14.1. The molecule has 0 aromatic heterocycles. The Kier molecular flexibility index (Phi) is 6.26. The molecule has 154 valence electrons. The fourth-order valence-corrected chi connectivity index (χ4v) is 4.61. The fraction of sp³-hybridized carbons (Fsp3) is 0.458. The van der Waals surface area contributed by atoms with Gasteiger partial charge in [-0.3, -0.25) is 5.32 Å². The van der Waals surface area contributed by atoms with Crippen molar-refractivity contribution in [3.8, 4) is 0 Å². The molecule has 0 saturated carbocycles. The maximum Gasteiger partial charge on any atom is 0.307 e. The third-order valence-corrected chi connectivity index (χ3v) is 6.33. The summed E-state index contributed by atoms with van der Waals surface area (Å²) in [5.74, 6) is -0.0295. The van der Waals surface area contributed by atoms with Gasteiger partial charge in [0.2, 0.25) is 0 Å². The summed E-state index contributed by atoms with van der Waals surface area (Å²) in [5, 5.41) is 1.76. The molecule has 2 N–H and O–H groups in total. The van der Waals surface area contributed by atoms with Crippen LogP contribution < -0.4 is 10.2 Å². The molecule has 1 saturated heterocycles. The van der Waals surface area contributed by atoms with E-state index in [9.17, 15) is 9.18 Å². The van der Waals surface area contributed by atoms with Gasteiger partial charge in [-0.1, -0.05) is 24.3 Å². The average molecular weight is 397 g/mol. The van der Waals surface area contributed by atoms with Crippen LogP contribution >= 0.6 is 0 Å². The highest BCUT2D eigenvalue weighted by molar-refractivity contribution is 5.62. The van der Waals surface area contributed by atoms with Crippen LogP contribution in [0.4, 0.5) is 10.1 Å². The van der Waals surface area contributed by atoms with Crippen LogP contribution in [-0.2, 0) is 24.2 Å². The number of anilines is 1. The second-order valence-electron chi connectivity index (χ2n) is 8.37. The Morgan fingerprint density at radius 3 is 2.52 bits per heavy atom. The number of quaternary nitrogens is 1. The minimum atomic E-state index is -0.164. The van der Waals surface area contributed by atoms with Gasteiger partial charge in [-0.15, -0.1) is 0 Å². The van der Waals surface area contributed by atoms with E-state index < -0.39 is 0 Å². The highest BCUT2D eigenvalue weighted by Crippen LogP contribution is 2.33. The second-order valence-corrected chi connectivity index (χ2v) is 8.37. The summed E-state index contributed by atoms with van der Waals surface area (Å²) >= 11 is 0. The molecule has 0 aliphatic carbocycles. The highest BCUT2D eigenvalue weighted by Gasteiger charge is 2.29. The van der Waals surface area contributed by atoms with Crippen LogP contribution in [0.3, 0.4) is 0 Å². The third kappa shape index (κ3) is 5.03. The summed E-state index contributed by atoms with van der Waals surface area (Å²) in [6.45, 7) is 6.72. The molecule has 0 unspecified atom stereocenters. The number of likely N-dealkylation sites (tertiary alicyclic amines) is 1. The molecule has 4 rings (SSSR count). The maximum absolute atomic E-state index is 13.0. The lowest BCUT2D eigenvalue weighted by Gasteiger charge is -2.38. The molecule has 5 heteroatoms. The smallest absolute Gasteiger partial charge is 0.307 e. The molecule has 0 spiro atoms. The van der Waals surface area contributed by atoms with Crippen LogP contribution in [0.15, 0.2) is 42.5 Å². The number of amides is 1. The number of nitrogens with two attached hydrogens (primary N) is 1. The number of piperidine rings is 1. The molecule has 2 heterocycles. The van der Waals surface area contributed by atoms with E-state index in [2.05, 4.69) is 28.0 Å². The SMILES string of the molecule is CC(=O)[NH2+]Cc1ccc2c(c1)N(C1CCN(CCc3ccc(F)cc3)CC1)CC2. The number of fused-ring (bicyclic) bond motifs is 1. The van der Waals surface area contributed by atoms with Crippen LogP contribution in [-0.4, -0.2) is 43.0 Å². The van der Waals surface area contributed by atoms with Gasteiger partial charge in [-0.05, 0) is 55.0 Å². The Labute approximate surface area is 172 Å². The third-order valence-electron chi connectivity index (χ3n) is 6.33. The number of hydrogen-bond acceptors (Lipinski definition) is 3. The van der Waals surface area contributed by atoms with Crippen LogP contribution in [0.2, 0.25) is 0 Å². The van der Waals surface area contributed by atoms with Crippen LogP contribution in [0.1, 0.15) is 36.5 Å². The van der Waals surface area contributed by atoms with E-state index in [1.54, 1.807) is 24.4 Å². The number of benzene rings is 2. The van der Waals surface area contributed by atoms with Crippen LogP contribution in [0, 0.1) is 5.82 Å². The molecular formula is C24H31FN3O+. The lowest BCUT2D eigenvalue weighted by Crippen LogP contribution is -2.85. The number of nitrogens with zero attached hydrogens (tertiary/aromatic N) is 2.